The molecule has 0 spiro atoms. The molecule has 3 rings (SSSR count). The van der Waals surface area contributed by atoms with Gasteiger partial charge in [0.2, 0.25) is 0 Å². The second-order valence-corrected chi connectivity index (χ2v) is 7.62. The van der Waals surface area contributed by atoms with E-state index in [1.807, 2.05) is 24.3 Å². The molecule has 0 unspecified atom stereocenters. The second-order valence-electron chi connectivity index (χ2n) is 7.62. The first kappa shape index (κ1) is 15.0. The highest BCUT2D eigenvalue weighted by Crippen LogP contribution is 2.47. The van der Waals surface area contributed by atoms with Gasteiger partial charge in [0.15, 0.2) is 0 Å². The Balaban J connectivity index is 2.01. The quantitative estimate of drug-likeness (QED) is 0.752. The summed E-state index contributed by atoms with van der Waals surface area (Å²) in [5, 5.41) is 0. The van der Waals surface area contributed by atoms with E-state index < -0.39 is 0 Å². The molecule has 22 heavy (non-hydrogen) atoms. The van der Waals surface area contributed by atoms with Gasteiger partial charge in [-0.15, -0.1) is 0 Å². The molecule has 0 fully saturated rings. The van der Waals surface area contributed by atoms with Gasteiger partial charge >= 0.3 is 0 Å². The average Bonchev–Trinajstić information content (AvgIpc) is 2.47. The van der Waals surface area contributed by atoms with E-state index in [-0.39, 0.29) is 10.8 Å². The SMILES string of the molecule is CC1(C)CCC(C)(C)c2cc(Oc3ccccc3N)ccc21. The highest BCUT2D eigenvalue weighted by molar-refractivity contribution is 5.54. The minimum absolute atomic E-state index is 0.187. The molecule has 2 aromatic rings. The van der Waals surface area contributed by atoms with Crippen LogP contribution in [0, 0.1) is 0 Å². The number of ether oxygens (including phenoxy) is 1. The monoisotopic (exact) mass is 295 g/mol. The van der Waals surface area contributed by atoms with Crippen molar-refractivity contribution in [1.29, 1.82) is 0 Å². The summed E-state index contributed by atoms with van der Waals surface area (Å²) in [6.45, 7) is 9.30. The third-order valence-electron chi connectivity index (χ3n) is 4.97. The zero-order valence-corrected chi connectivity index (χ0v) is 13.9. The van der Waals surface area contributed by atoms with Crippen molar-refractivity contribution in [2.24, 2.45) is 0 Å². The Hall–Kier alpha value is -1.96. The smallest absolute Gasteiger partial charge is 0.150 e. The van der Waals surface area contributed by atoms with Crippen LogP contribution in [-0.4, -0.2) is 0 Å². The van der Waals surface area contributed by atoms with Crippen LogP contribution in [0.3, 0.4) is 0 Å². The van der Waals surface area contributed by atoms with E-state index >= 15 is 0 Å². The van der Waals surface area contributed by atoms with Gasteiger partial charge in [0.05, 0.1) is 5.69 Å². The fraction of sp³-hybridized carbons (Fsp3) is 0.400. The lowest BCUT2D eigenvalue weighted by Gasteiger charge is -2.41. The van der Waals surface area contributed by atoms with Crippen LogP contribution in [0.2, 0.25) is 0 Å². The number of fused-ring (bicyclic) bond motifs is 1. The van der Waals surface area contributed by atoms with E-state index in [2.05, 4.69) is 45.9 Å². The zero-order valence-electron chi connectivity index (χ0n) is 13.9. The van der Waals surface area contributed by atoms with Crippen molar-refractivity contribution in [2.75, 3.05) is 5.73 Å². The molecule has 0 amide bonds. The van der Waals surface area contributed by atoms with Gasteiger partial charge in [0, 0.05) is 0 Å². The van der Waals surface area contributed by atoms with Gasteiger partial charge in [-0.3, -0.25) is 0 Å². The first-order valence-electron chi connectivity index (χ1n) is 7.97. The molecule has 2 nitrogen and oxygen atoms in total. The van der Waals surface area contributed by atoms with Crippen molar-refractivity contribution in [3.8, 4) is 11.5 Å². The lowest BCUT2D eigenvalue weighted by Crippen LogP contribution is -2.33. The van der Waals surface area contributed by atoms with E-state index in [1.165, 1.54) is 24.0 Å². The molecule has 0 radical (unpaired) electrons. The first-order chi connectivity index (χ1) is 10.3. The molecule has 116 valence electrons. The molecule has 1 aliphatic rings. The number of nitrogen functional groups attached to an aromatic ring is 1. The van der Waals surface area contributed by atoms with Crippen molar-refractivity contribution in [3.05, 3.63) is 53.6 Å². The third-order valence-corrected chi connectivity index (χ3v) is 4.97. The molecule has 0 aromatic heterocycles. The van der Waals surface area contributed by atoms with Gasteiger partial charge in [-0.2, -0.15) is 0 Å². The van der Waals surface area contributed by atoms with Gasteiger partial charge in [-0.1, -0.05) is 45.9 Å². The number of benzene rings is 2. The summed E-state index contributed by atoms with van der Waals surface area (Å²) in [5.41, 5.74) is 9.90. The van der Waals surface area contributed by atoms with Crippen LogP contribution < -0.4 is 10.5 Å². The fourth-order valence-corrected chi connectivity index (χ4v) is 3.33. The number of nitrogens with two attached hydrogens (primary N) is 1. The summed E-state index contributed by atoms with van der Waals surface area (Å²) in [5.74, 6) is 1.58. The van der Waals surface area contributed by atoms with E-state index in [0.29, 0.717) is 5.69 Å². The van der Waals surface area contributed by atoms with Crippen LogP contribution in [0.4, 0.5) is 5.69 Å². The Morgan fingerprint density at radius 2 is 1.50 bits per heavy atom. The van der Waals surface area contributed by atoms with Gasteiger partial charge in [0.1, 0.15) is 11.5 Å². The largest absolute Gasteiger partial charge is 0.455 e. The van der Waals surface area contributed by atoms with Crippen LogP contribution >= 0.6 is 0 Å². The predicted octanol–water partition coefficient (Wildman–Crippen LogP) is 5.41. The number of anilines is 1. The van der Waals surface area contributed by atoms with Crippen molar-refractivity contribution < 1.29 is 4.74 Å². The minimum atomic E-state index is 0.187. The average molecular weight is 295 g/mol. The van der Waals surface area contributed by atoms with Gasteiger partial charge < -0.3 is 10.5 Å². The lowest BCUT2D eigenvalue weighted by molar-refractivity contribution is 0.330. The number of rotatable bonds is 2. The normalized spacial score (nSPS) is 18.5. The molecule has 2 heteroatoms. The van der Waals surface area contributed by atoms with Crippen LogP contribution in [0.5, 0.6) is 11.5 Å². The molecule has 2 aromatic carbocycles. The van der Waals surface area contributed by atoms with Crippen LogP contribution in [0.1, 0.15) is 51.7 Å². The standard InChI is InChI=1S/C20H25NO/c1-19(2)11-12-20(3,4)16-13-14(9-10-15(16)19)22-18-8-6-5-7-17(18)21/h5-10,13H,11-12,21H2,1-4H3. The van der Waals surface area contributed by atoms with Crippen molar-refractivity contribution in [1.82, 2.24) is 0 Å². The highest BCUT2D eigenvalue weighted by Gasteiger charge is 2.37. The van der Waals surface area contributed by atoms with Crippen molar-refractivity contribution in [2.45, 2.75) is 51.4 Å². The topological polar surface area (TPSA) is 35.2 Å². The first-order valence-corrected chi connectivity index (χ1v) is 7.97. The summed E-state index contributed by atoms with van der Waals surface area (Å²) in [7, 11) is 0. The zero-order chi connectivity index (χ0) is 16.0. The summed E-state index contributed by atoms with van der Waals surface area (Å²) in [6.07, 6.45) is 2.42. The van der Waals surface area contributed by atoms with E-state index in [0.717, 1.165) is 11.5 Å². The number of hydrogen-bond acceptors (Lipinski definition) is 2. The molecule has 0 heterocycles. The summed E-state index contributed by atoms with van der Waals surface area (Å²) >= 11 is 0. The van der Waals surface area contributed by atoms with Gasteiger partial charge in [0.25, 0.3) is 0 Å². The third kappa shape index (κ3) is 2.58. The Kier molecular flexibility index (Phi) is 3.43. The van der Waals surface area contributed by atoms with Crippen LogP contribution in [0.25, 0.3) is 0 Å². The highest BCUT2D eigenvalue weighted by atomic mass is 16.5. The molecule has 0 aliphatic heterocycles. The van der Waals surface area contributed by atoms with Crippen molar-refractivity contribution >= 4 is 5.69 Å². The molecule has 1 aliphatic carbocycles. The number of para-hydroxylation sites is 2. The van der Waals surface area contributed by atoms with Crippen molar-refractivity contribution in [3.63, 3.8) is 0 Å². The Bertz CT molecular complexity index is 701. The molecule has 0 bridgehead atoms. The molecule has 0 saturated carbocycles. The number of hydrogen-bond donors (Lipinski definition) is 1. The molecular formula is C20H25NO. The molecular weight excluding hydrogens is 270 g/mol. The van der Waals surface area contributed by atoms with Crippen LogP contribution in [-0.2, 0) is 10.8 Å². The maximum atomic E-state index is 6.01. The molecule has 2 N–H and O–H groups in total. The molecule has 0 atom stereocenters. The summed E-state index contributed by atoms with van der Waals surface area (Å²) in [4.78, 5) is 0. The minimum Gasteiger partial charge on any atom is -0.455 e. The second kappa shape index (κ2) is 5.05. The van der Waals surface area contributed by atoms with Crippen LogP contribution in [0.15, 0.2) is 42.5 Å². The van der Waals surface area contributed by atoms with E-state index in [1.54, 1.807) is 0 Å². The maximum absolute atomic E-state index is 6.01. The maximum Gasteiger partial charge on any atom is 0.150 e. The Morgan fingerprint density at radius 3 is 2.18 bits per heavy atom. The van der Waals surface area contributed by atoms with Gasteiger partial charge in [-0.25, -0.2) is 0 Å². The predicted molar refractivity (Wildman–Crippen MR) is 92.7 cm³/mol. The summed E-state index contributed by atoms with van der Waals surface area (Å²) < 4.78 is 6.01. The lowest BCUT2D eigenvalue weighted by atomic mass is 9.63. The van der Waals surface area contributed by atoms with E-state index in [9.17, 15) is 0 Å². The summed E-state index contributed by atoms with van der Waals surface area (Å²) in [6, 6.07) is 14.1. The molecule has 0 saturated heterocycles. The van der Waals surface area contributed by atoms with Gasteiger partial charge in [-0.05, 0) is 59.1 Å². The Morgan fingerprint density at radius 1 is 0.864 bits per heavy atom. The Labute approximate surface area is 133 Å². The van der Waals surface area contributed by atoms with E-state index in [4.69, 9.17) is 10.5 Å². The fourth-order valence-electron chi connectivity index (χ4n) is 3.33.